The van der Waals surface area contributed by atoms with Crippen molar-refractivity contribution in [1.29, 1.82) is 0 Å². The molecule has 3 aromatic rings. The van der Waals surface area contributed by atoms with Crippen molar-refractivity contribution in [2.75, 3.05) is 7.11 Å². The topological polar surface area (TPSA) is 81.4 Å². The highest BCUT2D eigenvalue weighted by Gasteiger charge is 2.06. The number of hydrogen-bond acceptors (Lipinski definition) is 6. The van der Waals surface area contributed by atoms with Gasteiger partial charge in [0.1, 0.15) is 12.1 Å². The molecule has 3 rings (SSSR count). The van der Waals surface area contributed by atoms with Crippen molar-refractivity contribution in [1.82, 2.24) is 20.2 Å². The highest BCUT2D eigenvalue weighted by atomic mass is 32.2. The minimum atomic E-state index is -0.257. The van der Waals surface area contributed by atoms with E-state index in [0.29, 0.717) is 5.56 Å². The summed E-state index contributed by atoms with van der Waals surface area (Å²) in [6.07, 6.45) is 3.26. The van der Waals surface area contributed by atoms with Crippen LogP contribution < -0.4 is 10.2 Å². The fourth-order valence-electron chi connectivity index (χ4n) is 2.22. The second-order valence-electron chi connectivity index (χ2n) is 5.68. The Hall–Kier alpha value is -3.13. The van der Waals surface area contributed by atoms with Gasteiger partial charge in [-0.2, -0.15) is 5.10 Å². The minimum Gasteiger partial charge on any atom is -0.497 e. The largest absolute Gasteiger partial charge is 0.497 e. The van der Waals surface area contributed by atoms with E-state index in [2.05, 4.69) is 20.7 Å². The quantitative estimate of drug-likeness (QED) is 0.387. The van der Waals surface area contributed by atoms with Crippen LogP contribution in [-0.2, 0) is 12.8 Å². The number of benzene rings is 2. The average molecular weight is 381 g/mol. The van der Waals surface area contributed by atoms with Crippen LogP contribution in [0.1, 0.15) is 21.5 Å². The lowest BCUT2D eigenvalue weighted by Gasteiger charge is -2.04. The van der Waals surface area contributed by atoms with E-state index in [4.69, 9.17) is 4.74 Å². The van der Waals surface area contributed by atoms with Gasteiger partial charge in [0.2, 0.25) is 0 Å². The number of carbonyl (C=O) groups excluding carboxylic acids is 1. The summed E-state index contributed by atoms with van der Waals surface area (Å²) in [5.41, 5.74) is 5.05. The molecule has 8 heteroatoms. The first-order valence-electron chi connectivity index (χ1n) is 8.19. The molecule has 0 fully saturated rings. The number of nitrogens with zero attached hydrogens (tertiary/aromatic N) is 4. The fraction of sp³-hybridized carbons (Fsp3) is 0.158. The zero-order valence-electron chi connectivity index (χ0n) is 15.0. The Morgan fingerprint density at radius 2 is 1.96 bits per heavy atom. The second-order valence-corrected chi connectivity index (χ2v) is 6.62. The van der Waals surface area contributed by atoms with Crippen LogP contribution in [0.5, 0.6) is 5.75 Å². The zero-order valence-corrected chi connectivity index (χ0v) is 15.8. The fourth-order valence-corrected chi connectivity index (χ4v) is 3.07. The Bertz CT molecular complexity index is 920. The van der Waals surface area contributed by atoms with E-state index >= 15 is 0 Å². The lowest BCUT2D eigenvalue weighted by Crippen LogP contribution is -2.17. The molecule has 0 unspecified atom stereocenters. The number of carbonyl (C=O) groups is 1. The van der Waals surface area contributed by atoms with Crippen molar-refractivity contribution in [3.05, 3.63) is 71.5 Å². The van der Waals surface area contributed by atoms with Crippen LogP contribution >= 0.6 is 11.8 Å². The van der Waals surface area contributed by atoms with Crippen LogP contribution in [0.2, 0.25) is 0 Å². The normalized spacial score (nSPS) is 10.9. The van der Waals surface area contributed by atoms with Gasteiger partial charge in [-0.15, -0.1) is 10.2 Å². The first kappa shape index (κ1) is 18.7. The second kappa shape index (κ2) is 9.00. The molecule has 1 amide bonds. The summed E-state index contributed by atoms with van der Waals surface area (Å²) >= 11 is 1.59. The minimum absolute atomic E-state index is 0.257. The summed E-state index contributed by atoms with van der Waals surface area (Å²) in [7, 11) is 3.52. The van der Waals surface area contributed by atoms with E-state index in [0.717, 1.165) is 27.8 Å². The predicted octanol–water partition coefficient (Wildman–Crippen LogP) is 2.88. The van der Waals surface area contributed by atoms with Crippen LogP contribution in [0.4, 0.5) is 0 Å². The number of ether oxygens (including phenoxy) is 1. The molecule has 0 saturated carbocycles. The van der Waals surface area contributed by atoms with E-state index in [9.17, 15) is 4.79 Å². The van der Waals surface area contributed by atoms with E-state index in [-0.39, 0.29) is 5.91 Å². The van der Waals surface area contributed by atoms with Crippen molar-refractivity contribution >= 4 is 23.9 Å². The number of nitrogens with one attached hydrogen (secondary N) is 1. The number of methoxy groups -OCH3 is 1. The molecule has 0 radical (unpaired) electrons. The van der Waals surface area contributed by atoms with Gasteiger partial charge in [-0.05, 0) is 47.5 Å². The van der Waals surface area contributed by atoms with Crippen molar-refractivity contribution < 1.29 is 9.53 Å². The molecule has 1 aromatic heterocycles. The van der Waals surface area contributed by atoms with E-state index in [1.807, 2.05) is 48.0 Å². The molecular weight excluding hydrogens is 362 g/mol. The maximum absolute atomic E-state index is 12.2. The van der Waals surface area contributed by atoms with Crippen molar-refractivity contribution in [2.24, 2.45) is 12.1 Å². The Balaban J connectivity index is 1.52. The number of aryl methyl sites for hydroxylation is 1. The van der Waals surface area contributed by atoms with E-state index in [1.165, 1.54) is 0 Å². The van der Waals surface area contributed by atoms with Crippen LogP contribution in [0, 0.1) is 0 Å². The Labute approximate surface area is 161 Å². The molecule has 0 aliphatic heterocycles. The number of hydrazone groups is 1. The van der Waals surface area contributed by atoms with Crippen molar-refractivity contribution in [3.63, 3.8) is 0 Å². The molecule has 138 valence electrons. The Morgan fingerprint density at radius 1 is 1.22 bits per heavy atom. The molecule has 0 spiro atoms. The van der Waals surface area contributed by atoms with Crippen LogP contribution in [-0.4, -0.2) is 34.0 Å². The summed E-state index contributed by atoms with van der Waals surface area (Å²) in [4.78, 5) is 12.2. The van der Waals surface area contributed by atoms with Gasteiger partial charge in [0.25, 0.3) is 5.91 Å². The molecule has 27 heavy (non-hydrogen) atoms. The third-order valence-corrected chi connectivity index (χ3v) is 4.85. The molecule has 0 atom stereocenters. The van der Waals surface area contributed by atoms with E-state index in [1.54, 1.807) is 43.5 Å². The van der Waals surface area contributed by atoms with Gasteiger partial charge in [0, 0.05) is 18.4 Å². The number of hydrogen-bond donors (Lipinski definition) is 1. The molecule has 0 aliphatic carbocycles. The summed E-state index contributed by atoms with van der Waals surface area (Å²) in [6, 6.07) is 14.8. The Kier molecular flexibility index (Phi) is 6.22. The van der Waals surface area contributed by atoms with Gasteiger partial charge in [-0.25, -0.2) is 5.43 Å². The maximum atomic E-state index is 12.2. The van der Waals surface area contributed by atoms with Gasteiger partial charge in [0.05, 0.1) is 13.3 Å². The van der Waals surface area contributed by atoms with Gasteiger partial charge in [-0.1, -0.05) is 23.9 Å². The molecule has 1 heterocycles. The first-order chi connectivity index (χ1) is 13.2. The molecule has 2 aromatic carbocycles. The summed E-state index contributed by atoms with van der Waals surface area (Å²) < 4.78 is 6.97. The van der Waals surface area contributed by atoms with Crippen LogP contribution in [0.3, 0.4) is 0 Å². The standard InChI is InChI=1S/C19H19N5O2S/c1-24-13-21-23-19(24)27-12-15-3-7-16(8-4-15)18(25)22-20-11-14-5-9-17(26-2)10-6-14/h3-11,13H,12H2,1-2H3,(H,22,25)/b20-11+. The number of aromatic nitrogens is 3. The average Bonchev–Trinajstić information content (AvgIpc) is 3.12. The highest BCUT2D eigenvalue weighted by Crippen LogP contribution is 2.20. The Morgan fingerprint density at radius 3 is 2.59 bits per heavy atom. The molecule has 0 aliphatic rings. The maximum Gasteiger partial charge on any atom is 0.271 e. The van der Waals surface area contributed by atoms with Gasteiger partial charge < -0.3 is 9.30 Å². The third kappa shape index (κ3) is 5.18. The molecule has 0 saturated heterocycles. The lowest BCUT2D eigenvalue weighted by atomic mass is 10.1. The summed E-state index contributed by atoms with van der Waals surface area (Å²) in [6.45, 7) is 0. The summed E-state index contributed by atoms with van der Waals surface area (Å²) in [5.74, 6) is 1.27. The van der Waals surface area contributed by atoms with Gasteiger partial charge >= 0.3 is 0 Å². The third-order valence-electron chi connectivity index (χ3n) is 3.75. The lowest BCUT2D eigenvalue weighted by molar-refractivity contribution is 0.0955. The van der Waals surface area contributed by atoms with E-state index < -0.39 is 0 Å². The zero-order chi connectivity index (χ0) is 19.1. The monoisotopic (exact) mass is 381 g/mol. The predicted molar refractivity (Wildman–Crippen MR) is 105 cm³/mol. The molecule has 0 bridgehead atoms. The van der Waals surface area contributed by atoms with Crippen LogP contribution in [0.15, 0.2) is 65.1 Å². The molecular formula is C19H19N5O2S. The van der Waals surface area contributed by atoms with Gasteiger partial charge in [-0.3, -0.25) is 4.79 Å². The first-order valence-corrected chi connectivity index (χ1v) is 9.17. The molecule has 1 N–H and O–H groups in total. The number of thioether (sulfide) groups is 1. The summed E-state index contributed by atoms with van der Waals surface area (Å²) in [5, 5.41) is 12.7. The smallest absolute Gasteiger partial charge is 0.271 e. The van der Waals surface area contributed by atoms with Crippen molar-refractivity contribution in [2.45, 2.75) is 10.9 Å². The SMILES string of the molecule is COc1ccc(/C=N/NC(=O)c2ccc(CSc3nncn3C)cc2)cc1. The number of amides is 1. The highest BCUT2D eigenvalue weighted by molar-refractivity contribution is 7.98. The van der Waals surface area contributed by atoms with Crippen molar-refractivity contribution in [3.8, 4) is 5.75 Å². The van der Waals surface area contributed by atoms with Crippen LogP contribution in [0.25, 0.3) is 0 Å². The number of rotatable bonds is 7. The molecule has 7 nitrogen and oxygen atoms in total. The van der Waals surface area contributed by atoms with Gasteiger partial charge in [0.15, 0.2) is 5.16 Å².